The number of carbonyl (C=O) groups is 2. The molecule has 0 radical (unpaired) electrons. The highest BCUT2D eigenvalue weighted by molar-refractivity contribution is 7.12. The minimum Gasteiger partial charge on any atom is -0.494 e. The van der Waals surface area contributed by atoms with E-state index in [1.54, 1.807) is 60.7 Å². The number of hydrogen-bond acceptors (Lipinski definition) is 6. The summed E-state index contributed by atoms with van der Waals surface area (Å²) in [5, 5.41) is 5.79. The number of benzene rings is 2. The molecule has 30 heavy (non-hydrogen) atoms. The monoisotopic (exact) mass is 422 g/mol. The predicted molar refractivity (Wildman–Crippen MR) is 118 cm³/mol. The van der Waals surface area contributed by atoms with Crippen molar-refractivity contribution in [3.8, 4) is 11.5 Å². The van der Waals surface area contributed by atoms with E-state index < -0.39 is 0 Å². The van der Waals surface area contributed by atoms with Crippen molar-refractivity contribution < 1.29 is 19.1 Å². The molecule has 0 fully saturated rings. The van der Waals surface area contributed by atoms with Gasteiger partial charge in [0.25, 0.3) is 5.91 Å². The average Bonchev–Trinajstić information content (AvgIpc) is 3.31. The van der Waals surface area contributed by atoms with Crippen LogP contribution in [0.5, 0.6) is 11.5 Å². The molecule has 7 heteroatoms. The third-order valence-corrected chi connectivity index (χ3v) is 4.93. The Kier molecular flexibility index (Phi) is 7.74. The Labute approximate surface area is 179 Å². The first-order valence-corrected chi connectivity index (χ1v) is 10.5. The van der Waals surface area contributed by atoms with Crippen LogP contribution in [0.15, 0.2) is 71.1 Å². The molecule has 6 nitrogen and oxygen atoms in total. The summed E-state index contributed by atoms with van der Waals surface area (Å²) < 4.78 is 10.9. The van der Waals surface area contributed by atoms with Crippen LogP contribution in [0.25, 0.3) is 0 Å². The molecular formula is C23H22N2O4S. The predicted octanol–water partition coefficient (Wildman–Crippen LogP) is 4.91. The summed E-state index contributed by atoms with van der Waals surface area (Å²) in [4.78, 5) is 24.7. The Morgan fingerprint density at radius 2 is 1.77 bits per heavy atom. The first-order valence-electron chi connectivity index (χ1n) is 9.57. The minimum absolute atomic E-state index is 0.312. The second-order valence-electron chi connectivity index (χ2n) is 6.36. The molecule has 0 aliphatic carbocycles. The summed E-state index contributed by atoms with van der Waals surface area (Å²) in [6.45, 7) is 2.77. The van der Waals surface area contributed by atoms with Crippen LogP contribution < -0.4 is 14.9 Å². The molecule has 1 heterocycles. The fourth-order valence-electron chi connectivity index (χ4n) is 2.44. The van der Waals surface area contributed by atoms with E-state index in [1.807, 2.05) is 5.38 Å². The Morgan fingerprint density at radius 1 is 1.03 bits per heavy atom. The zero-order valence-corrected chi connectivity index (χ0v) is 17.4. The topological polar surface area (TPSA) is 77.0 Å². The van der Waals surface area contributed by atoms with Crippen LogP contribution in [0, 0.1) is 0 Å². The lowest BCUT2D eigenvalue weighted by atomic mass is 10.2. The van der Waals surface area contributed by atoms with E-state index in [9.17, 15) is 9.59 Å². The van der Waals surface area contributed by atoms with Crippen LogP contribution in [-0.4, -0.2) is 24.7 Å². The molecule has 3 rings (SSSR count). The first kappa shape index (κ1) is 21.3. The molecule has 0 aliphatic rings. The van der Waals surface area contributed by atoms with Gasteiger partial charge in [0.15, 0.2) is 0 Å². The number of amides is 1. The van der Waals surface area contributed by atoms with E-state index in [0.29, 0.717) is 22.8 Å². The molecule has 1 aromatic heterocycles. The molecule has 0 aliphatic heterocycles. The first-order chi connectivity index (χ1) is 14.7. The van der Waals surface area contributed by atoms with Crippen molar-refractivity contribution in [2.75, 3.05) is 6.61 Å². The zero-order valence-electron chi connectivity index (χ0n) is 16.5. The van der Waals surface area contributed by atoms with Gasteiger partial charge in [0.1, 0.15) is 16.4 Å². The number of carbonyl (C=O) groups excluding carboxylic acids is 2. The van der Waals surface area contributed by atoms with Crippen molar-refractivity contribution in [3.05, 3.63) is 82.0 Å². The summed E-state index contributed by atoms with van der Waals surface area (Å²) in [5.74, 6) is 0.479. The maximum absolute atomic E-state index is 12.2. The SMILES string of the molecule is CCCCOc1ccc(C(=O)NN=Cc2ccc(OC(=O)c3cccs3)cc2)cc1. The van der Waals surface area contributed by atoms with Gasteiger partial charge in [-0.3, -0.25) is 4.79 Å². The molecule has 154 valence electrons. The summed E-state index contributed by atoms with van der Waals surface area (Å²) in [5.41, 5.74) is 3.74. The molecule has 0 bridgehead atoms. The maximum Gasteiger partial charge on any atom is 0.353 e. The number of hydrogen-bond donors (Lipinski definition) is 1. The lowest BCUT2D eigenvalue weighted by molar-refractivity contribution is 0.0739. The van der Waals surface area contributed by atoms with Gasteiger partial charge in [0.05, 0.1) is 12.8 Å². The van der Waals surface area contributed by atoms with Crippen LogP contribution in [-0.2, 0) is 0 Å². The third-order valence-electron chi connectivity index (χ3n) is 4.08. The van der Waals surface area contributed by atoms with Gasteiger partial charge in [0, 0.05) is 5.56 Å². The van der Waals surface area contributed by atoms with E-state index >= 15 is 0 Å². The second-order valence-corrected chi connectivity index (χ2v) is 7.31. The third kappa shape index (κ3) is 6.28. The molecule has 2 aromatic carbocycles. The molecule has 3 aromatic rings. The summed E-state index contributed by atoms with van der Waals surface area (Å²) in [6, 6.07) is 17.3. The molecular weight excluding hydrogens is 400 g/mol. The number of esters is 1. The van der Waals surface area contributed by atoms with Gasteiger partial charge in [-0.15, -0.1) is 11.3 Å². The van der Waals surface area contributed by atoms with E-state index in [1.165, 1.54) is 17.6 Å². The molecule has 1 N–H and O–H groups in total. The van der Waals surface area contributed by atoms with Crippen molar-refractivity contribution in [2.24, 2.45) is 5.10 Å². The van der Waals surface area contributed by atoms with E-state index in [0.717, 1.165) is 24.2 Å². The van der Waals surface area contributed by atoms with Gasteiger partial charge in [-0.25, -0.2) is 10.2 Å². The van der Waals surface area contributed by atoms with Gasteiger partial charge < -0.3 is 9.47 Å². The number of nitrogens with one attached hydrogen (secondary N) is 1. The van der Waals surface area contributed by atoms with Gasteiger partial charge >= 0.3 is 5.97 Å². The molecule has 0 spiro atoms. The number of ether oxygens (including phenoxy) is 2. The number of hydrazone groups is 1. The highest BCUT2D eigenvalue weighted by Gasteiger charge is 2.09. The molecule has 0 unspecified atom stereocenters. The summed E-state index contributed by atoms with van der Waals surface area (Å²) >= 11 is 1.33. The minimum atomic E-state index is -0.388. The zero-order chi connectivity index (χ0) is 21.2. The van der Waals surface area contributed by atoms with Crippen LogP contribution in [0.1, 0.15) is 45.4 Å². The van der Waals surface area contributed by atoms with Crippen molar-refractivity contribution in [1.82, 2.24) is 5.43 Å². The normalized spacial score (nSPS) is 10.7. The molecule has 0 saturated carbocycles. The summed E-state index contributed by atoms with van der Waals surface area (Å²) in [7, 11) is 0. The average molecular weight is 423 g/mol. The number of rotatable bonds is 9. The van der Waals surface area contributed by atoms with Crippen LogP contribution in [0.4, 0.5) is 0 Å². The highest BCUT2D eigenvalue weighted by Crippen LogP contribution is 2.16. The molecule has 0 saturated heterocycles. The van der Waals surface area contributed by atoms with E-state index in [-0.39, 0.29) is 11.9 Å². The Morgan fingerprint density at radius 3 is 2.43 bits per heavy atom. The molecule has 1 amide bonds. The lowest BCUT2D eigenvalue weighted by Gasteiger charge is -2.06. The van der Waals surface area contributed by atoms with E-state index in [4.69, 9.17) is 9.47 Å². The Bertz CT molecular complexity index is 981. The largest absolute Gasteiger partial charge is 0.494 e. The van der Waals surface area contributed by atoms with Crippen LogP contribution in [0.2, 0.25) is 0 Å². The highest BCUT2D eigenvalue weighted by atomic mass is 32.1. The fraction of sp³-hybridized carbons (Fsp3) is 0.174. The number of nitrogens with zero attached hydrogens (tertiary/aromatic N) is 1. The maximum atomic E-state index is 12.2. The van der Waals surface area contributed by atoms with Crippen LogP contribution in [0.3, 0.4) is 0 Å². The fourth-order valence-corrected chi connectivity index (χ4v) is 3.04. The smallest absolute Gasteiger partial charge is 0.353 e. The summed E-state index contributed by atoms with van der Waals surface area (Å²) in [6.07, 6.45) is 3.58. The number of unbranched alkanes of at least 4 members (excludes halogenated alkanes) is 1. The van der Waals surface area contributed by atoms with Crippen molar-refractivity contribution >= 4 is 29.4 Å². The standard InChI is InChI=1S/C23H22N2O4S/c1-2-3-14-28-19-12-8-18(9-13-19)22(26)25-24-16-17-6-10-20(11-7-17)29-23(27)21-5-4-15-30-21/h4-13,15-16H,2-3,14H2,1H3,(H,25,26). The number of thiophene rings is 1. The Hall–Kier alpha value is -3.45. The van der Waals surface area contributed by atoms with Gasteiger partial charge in [0.2, 0.25) is 0 Å². The van der Waals surface area contributed by atoms with Crippen molar-refractivity contribution in [2.45, 2.75) is 19.8 Å². The second kappa shape index (κ2) is 10.9. The molecule has 0 atom stereocenters. The van der Waals surface area contributed by atoms with Crippen molar-refractivity contribution in [1.29, 1.82) is 0 Å². The van der Waals surface area contributed by atoms with Gasteiger partial charge in [-0.2, -0.15) is 5.10 Å². The quantitative estimate of drug-likeness (QED) is 0.175. The lowest BCUT2D eigenvalue weighted by Crippen LogP contribution is -2.17. The van der Waals surface area contributed by atoms with Crippen LogP contribution >= 0.6 is 11.3 Å². The van der Waals surface area contributed by atoms with Gasteiger partial charge in [-0.05, 0) is 72.0 Å². The Balaban J connectivity index is 1.48. The van der Waals surface area contributed by atoms with Crippen molar-refractivity contribution in [3.63, 3.8) is 0 Å². The van der Waals surface area contributed by atoms with E-state index in [2.05, 4.69) is 17.5 Å². The van der Waals surface area contributed by atoms with Gasteiger partial charge in [-0.1, -0.05) is 19.4 Å².